The Hall–Kier alpha value is -2.21. The van der Waals surface area contributed by atoms with Crippen LogP contribution in [0.15, 0.2) is 42.0 Å². The van der Waals surface area contributed by atoms with Crippen molar-refractivity contribution in [2.24, 2.45) is 0 Å². The Kier molecular flexibility index (Phi) is 7.11. The van der Waals surface area contributed by atoms with Crippen LogP contribution in [-0.2, 0) is 9.53 Å². The van der Waals surface area contributed by atoms with Crippen molar-refractivity contribution in [1.82, 2.24) is 10.3 Å². The number of methoxy groups -OCH3 is 1. The number of aromatic nitrogens is 1. The van der Waals surface area contributed by atoms with Crippen LogP contribution < -0.4 is 10.6 Å². The average Bonchev–Trinajstić information content (AvgIpc) is 2.51. The fourth-order valence-electron chi connectivity index (χ4n) is 1.91. The predicted octanol–water partition coefficient (Wildman–Crippen LogP) is 2.01. The summed E-state index contributed by atoms with van der Waals surface area (Å²) in [5.74, 6) is -0.215. The minimum Gasteiger partial charge on any atom is -0.392 e. The van der Waals surface area contributed by atoms with E-state index in [1.54, 1.807) is 32.4 Å². The predicted molar refractivity (Wildman–Crippen MR) is 80.8 cm³/mol. The van der Waals surface area contributed by atoms with Crippen molar-refractivity contribution in [2.45, 2.75) is 5.92 Å². The van der Waals surface area contributed by atoms with Crippen molar-refractivity contribution in [3.8, 4) is 0 Å². The molecule has 0 spiro atoms. The summed E-state index contributed by atoms with van der Waals surface area (Å²) in [5, 5.41) is 5.50. The van der Waals surface area contributed by atoms with Crippen LogP contribution in [-0.4, -0.2) is 39.1 Å². The first-order chi connectivity index (χ1) is 10.2. The molecule has 1 aromatic heterocycles. The third-order valence-corrected chi connectivity index (χ3v) is 2.90. The maximum Gasteiger partial charge on any atom is 0.146 e. The van der Waals surface area contributed by atoms with E-state index in [1.807, 2.05) is 0 Å². The smallest absolute Gasteiger partial charge is 0.146 e. The Morgan fingerprint density at radius 1 is 1.52 bits per heavy atom. The minimum atomic E-state index is -0.524. The molecule has 0 fully saturated rings. The topological polar surface area (TPSA) is 63.2 Å². The zero-order chi connectivity index (χ0) is 15.7. The largest absolute Gasteiger partial charge is 0.392 e. The van der Waals surface area contributed by atoms with E-state index < -0.39 is 5.83 Å². The summed E-state index contributed by atoms with van der Waals surface area (Å²) in [6.45, 7) is 0.268. The molecule has 0 aromatic carbocycles. The average molecular weight is 293 g/mol. The molecule has 114 valence electrons. The lowest BCUT2D eigenvalue weighted by Crippen LogP contribution is -2.11. The molecule has 0 radical (unpaired) electrons. The number of nitrogens with one attached hydrogen (secondary N) is 2. The van der Waals surface area contributed by atoms with E-state index in [0.717, 1.165) is 5.56 Å². The molecule has 0 saturated carbocycles. The first kappa shape index (κ1) is 16.8. The van der Waals surface area contributed by atoms with Crippen molar-refractivity contribution in [1.29, 1.82) is 0 Å². The van der Waals surface area contributed by atoms with Crippen LogP contribution in [0.5, 0.6) is 0 Å². The lowest BCUT2D eigenvalue weighted by molar-refractivity contribution is -0.105. The second-order valence-corrected chi connectivity index (χ2v) is 4.31. The number of ether oxygens (including phenoxy) is 1. The third kappa shape index (κ3) is 5.00. The van der Waals surface area contributed by atoms with Crippen LogP contribution >= 0.6 is 0 Å². The van der Waals surface area contributed by atoms with Gasteiger partial charge in [0.2, 0.25) is 0 Å². The first-order valence-corrected chi connectivity index (χ1v) is 6.48. The summed E-state index contributed by atoms with van der Waals surface area (Å²) in [5.41, 5.74) is 1.13. The van der Waals surface area contributed by atoms with Crippen molar-refractivity contribution in [2.75, 3.05) is 33.1 Å². The summed E-state index contributed by atoms with van der Waals surface area (Å²) in [4.78, 5) is 15.4. The van der Waals surface area contributed by atoms with Gasteiger partial charge in [-0.05, 0) is 23.8 Å². The van der Waals surface area contributed by atoms with E-state index in [-0.39, 0.29) is 12.5 Å². The molecule has 1 atom stereocenters. The number of carbonyl (C=O) groups is 1. The van der Waals surface area contributed by atoms with Crippen LogP contribution in [0.3, 0.4) is 0 Å². The van der Waals surface area contributed by atoms with Gasteiger partial charge in [-0.1, -0.05) is 0 Å². The van der Waals surface area contributed by atoms with Gasteiger partial charge in [-0.2, -0.15) is 0 Å². The molecule has 0 saturated heterocycles. The standard InChI is InChI=1S/C15H20FN3O2/c1-17-8-13(16)6-12(9-20)14(10-21-3)11-4-5-19-15(7-11)18-2/h4-9,14,17H,10H2,1-3H3,(H,18,19)/b12-6+,13-8+. The Morgan fingerprint density at radius 2 is 2.29 bits per heavy atom. The van der Waals surface area contributed by atoms with Gasteiger partial charge in [0.15, 0.2) is 0 Å². The van der Waals surface area contributed by atoms with Gasteiger partial charge in [-0.3, -0.25) is 4.79 Å². The van der Waals surface area contributed by atoms with Crippen molar-refractivity contribution in [3.05, 3.63) is 47.6 Å². The number of hydrogen-bond donors (Lipinski definition) is 2. The monoisotopic (exact) mass is 293 g/mol. The third-order valence-electron chi connectivity index (χ3n) is 2.90. The normalized spacial score (nSPS) is 13.7. The van der Waals surface area contributed by atoms with Crippen LogP contribution in [0, 0.1) is 0 Å². The fraction of sp³-hybridized carbons (Fsp3) is 0.333. The molecular weight excluding hydrogens is 273 g/mol. The van der Waals surface area contributed by atoms with E-state index in [0.29, 0.717) is 17.7 Å². The molecule has 5 nitrogen and oxygen atoms in total. The zero-order valence-electron chi connectivity index (χ0n) is 12.4. The Bertz CT molecular complexity index is 529. The first-order valence-electron chi connectivity index (χ1n) is 6.48. The fourth-order valence-corrected chi connectivity index (χ4v) is 1.91. The van der Waals surface area contributed by atoms with Crippen molar-refractivity contribution >= 4 is 12.1 Å². The number of halogens is 1. The van der Waals surface area contributed by atoms with Crippen LogP contribution in [0.1, 0.15) is 11.5 Å². The van der Waals surface area contributed by atoms with E-state index >= 15 is 0 Å². The second kappa shape index (κ2) is 8.86. The molecular formula is C15H20FN3O2. The Balaban J connectivity index is 3.19. The number of allylic oxidation sites excluding steroid dienone is 2. The molecule has 6 heteroatoms. The number of nitrogens with zero attached hydrogens (tertiary/aromatic N) is 1. The number of hydrogen-bond acceptors (Lipinski definition) is 5. The van der Waals surface area contributed by atoms with Gasteiger partial charge in [0.1, 0.15) is 17.9 Å². The quantitative estimate of drug-likeness (QED) is 0.436. The molecule has 2 N–H and O–H groups in total. The van der Waals surface area contributed by atoms with Crippen molar-refractivity contribution < 1.29 is 13.9 Å². The van der Waals surface area contributed by atoms with Gasteiger partial charge in [-0.25, -0.2) is 9.37 Å². The molecule has 1 rings (SSSR count). The number of rotatable bonds is 8. The van der Waals surface area contributed by atoms with E-state index in [1.165, 1.54) is 19.4 Å². The van der Waals surface area contributed by atoms with Gasteiger partial charge in [-0.15, -0.1) is 0 Å². The van der Waals surface area contributed by atoms with Gasteiger partial charge in [0.05, 0.1) is 6.61 Å². The highest BCUT2D eigenvalue weighted by atomic mass is 19.1. The van der Waals surface area contributed by atoms with E-state index in [9.17, 15) is 9.18 Å². The summed E-state index contributed by atoms with van der Waals surface area (Å²) in [6.07, 6.45) is 4.66. The highest BCUT2D eigenvalue weighted by molar-refractivity contribution is 5.77. The molecule has 0 aliphatic carbocycles. The summed E-state index contributed by atoms with van der Waals surface area (Å²) in [6, 6.07) is 3.59. The lowest BCUT2D eigenvalue weighted by Gasteiger charge is -2.17. The molecule has 1 heterocycles. The number of carbonyl (C=O) groups excluding carboxylic acids is 1. The van der Waals surface area contributed by atoms with Gasteiger partial charge < -0.3 is 15.4 Å². The number of anilines is 1. The second-order valence-electron chi connectivity index (χ2n) is 4.31. The molecule has 0 aliphatic rings. The van der Waals surface area contributed by atoms with Crippen LogP contribution in [0.25, 0.3) is 0 Å². The summed E-state index contributed by atoms with van der Waals surface area (Å²) in [7, 11) is 4.88. The van der Waals surface area contributed by atoms with Gasteiger partial charge in [0.25, 0.3) is 0 Å². The van der Waals surface area contributed by atoms with Crippen LogP contribution in [0.2, 0.25) is 0 Å². The molecule has 1 aromatic rings. The van der Waals surface area contributed by atoms with E-state index in [4.69, 9.17) is 4.74 Å². The van der Waals surface area contributed by atoms with Gasteiger partial charge in [0, 0.05) is 45.1 Å². The Morgan fingerprint density at radius 3 is 2.86 bits per heavy atom. The van der Waals surface area contributed by atoms with Crippen molar-refractivity contribution in [3.63, 3.8) is 0 Å². The zero-order valence-corrected chi connectivity index (χ0v) is 12.4. The number of aldehydes is 1. The Labute approximate surface area is 123 Å². The molecule has 0 bridgehead atoms. The van der Waals surface area contributed by atoms with Gasteiger partial charge >= 0.3 is 0 Å². The lowest BCUT2D eigenvalue weighted by atomic mass is 9.92. The molecule has 0 aliphatic heterocycles. The molecule has 0 amide bonds. The summed E-state index contributed by atoms with van der Waals surface area (Å²) >= 11 is 0. The van der Waals surface area contributed by atoms with E-state index in [2.05, 4.69) is 15.6 Å². The summed E-state index contributed by atoms with van der Waals surface area (Å²) < 4.78 is 18.8. The number of pyridine rings is 1. The highest BCUT2D eigenvalue weighted by Gasteiger charge is 2.17. The SMILES string of the molecule is CN/C=C(F)\C=C(/C=O)C(COC)c1ccnc(NC)c1. The van der Waals surface area contributed by atoms with Crippen LogP contribution in [0.4, 0.5) is 10.2 Å². The maximum atomic E-state index is 13.6. The molecule has 1 unspecified atom stereocenters. The highest BCUT2D eigenvalue weighted by Crippen LogP contribution is 2.26. The maximum absolute atomic E-state index is 13.6. The minimum absolute atomic E-state index is 0.268. The molecule has 21 heavy (non-hydrogen) atoms.